The van der Waals surface area contributed by atoms with Gasteiger partial charge in [0.1, 0.15) is 18.0 Å². The molecule has 2 heterocycles. The first-order chi connectivity index (χ1) is 20.4. The normalized spacial score (nSPS) is 23.2. The summed E-state index contributed by atoms with van der Waals surface area (Å²) in [6.45, 7) is 4.93. The third-order valence-electron chi connectivity index (χ3n) is 8.41. The predicted octanol–water partition coefficient (Wildman–Crippen LogP) is 2.74. The number of sulfone groups is 1. The molecule has 0 radical (unpaired) electrons. The summed E-state index contributed by atoms with van der Waals surface area (Å²) in [6.07, 6.45) is -1.54. The van der Waals surface area contributed by atoms with Gasteiger partial charge in [-0.2, -0.15) is 0 Å². The number of hydrogen-bond donors (Lipinski definition) is 4. The molecule has 6 unspecified atom stereocenters. The molecule has 0 aliphatic carbocycles. The highest BCUT2D eigenvalue weighted by molar-refractivity contribution is 7.92. The van der Waals surface area contributed by atoms with Crippen LogP contribution in [0.15, 0.2) is 59.5 Å². The van der Waals surface area contributed by atoms with Crippen molar-refractivity contribution in [3.05, 3.63) is 60.2 Å². The molecule has 2 aromatic carbocycles. The molecule has 12 heteroatoms. The Bertz CT molecular complexity index is 1310. The van der Waals surface area contributed by atoms with E-state index in [9.17, 15) is 18.3 Å². The topological polar surface area (TPSA) is 172 Å². The van der Waals surface area contributed by atoms with Gasteiger partial charge in [0, 0.05) is 0 Å². The molecular formula is C31H45N3O8S. The zero-order valence-corrected chi connectivity index (χ0v) is 25.9. The quantitative estimate of drug-likeness (QED) is 0.246. The second-order valence-electron chi connectivity index (χ2n) is 12.2. The van der Waals surface area contributed by atoms with Gasteiger partial charge in [0.15, 0.2) is 21.0 Å². The van der Waals surface area contributed by atoms with Crippen LogP contribution in [0.5, 0.6) is 5.75 Å². The Hall–Kier alpha value is -2.74. The molecule has 238 valence electrons. The van der Waals surface area contributed by atoms with Crippen LogP contribution >= 0.6 is 0 Å². The van der Waals surface area contributed by atoms with Crippen LogP contribution in [0, 0.1) is 11.3 Å². The number of carbonyl (C=O) groups is 1. The number of nitrogens with one attached hydrogen (secondary N) is 1. The summed E-state index contributed by atoms with van der Waals surface area (Å²) in [6, 6.07) is 13.9. The van der Waals surface area contributed by atoms with Crippen molar-refractivity contribution < 1.29 is 37.3 Å². The SMILES string of the molecule is COc1ccc(S(=O)(=O)C(N)(CC(C)(C)CCCN)C(O)C(Cc2ccccc2)NC(=O)OC2COC3OCCC23)cc1. The van der Waals surface area contributed by atoms with Gasteiger partial charge in [-0.1, -0.05) is 44.2 Å². The van der Waals surface area contributed by atoms with Crippen LogP contribution in [0.1, 0.15) is 45.1 Å². The largest absolute Gasteiger partial charge is 0.497 e. The van der Waals surface area contributed by atoms with Gasteiger partial charge in [-0.15, -0.1) is 0 Å². The van der Waals surface area contributed by atoms with Crippen molar-refractivity contribution in [2.24, 2.45) is 22.8 Å². The van der Waals surface area contributed by atoms with Crippen LogP contribution in [-0.4, -0.2) is 75.9 Å². The number of amides is 1. The van der Waals surface area contributed by atoms with E-state index in [1.807, 2.05) is 44.2 Å². The lowest BCUT2D eigenvalue weighted by molar-refractivity contribution is -0.0907. The fourth-order valence-corrected chi connectivity index (χ4v) is 8.07. The number of alkyl carbamates (subject to hydrolysis) is 1. The number of aliphatic hydroxyl groups is 1. The van der Waals surface area contributed by atoms with Crippen LogP contribution in [0.25, 0.3) is 0 Å². The molecule has 0 spiro atoms. The maximum Gasteiger partial charge on any atom is 0.407 e. The second kappa shape index (κ2) is 13.9. The third kappa shape index (κ3) is 7.68. The minimum atomic E-state index is -4.38. The fraction of sp³-hybridized carbons (Fsp3) is 0.581. The van der Waals surface area contributed by atoms with Gasteiger partial charge in [0.25, 0.3) is 0 Å². The Balaban J connectivity index is 1.68. The summed E-state index contributed by atoms with van der Waals surface area (Å²) in [5, 5.41) is 14.8. The first-order valence-corrected chi connectivity index (χ1v) is 16.2. The van der Waals surface area contributed by atoms with Crippen LogP contribution in [0.2, 0.25) is 0 Å². The van der Waals surface area contributed by atoms with E-state index < -0.39 is 50.8 Å². The molecule has 43 heavy (non-hydrogen) atoms. The van der Waals surface area contributed by atoms with Gasteiger partial charge in [-0.3, -0.25) is 0 Å². The fourth-order valence-electron chi connectivity index (χ4n) is 6.07. The Morgan fingerprint density at radius 3 is 2.49 bits per heavy atom. The van der Waals surface area contributed by atoms with E-state index in [4.69, 9.17) is 30.4 Å². The van der Waals surface area contributed by atoms with E-state index in [1.54, 1.807) is 0 Å². The van der Waals surface area contributed by atoms with Crippen molar-refractivity contribution in [2.75, 3.05) is 26.9 Å². The molecule has 2 aromatic rings. The summed E-state index contributed by atoms with van der Waals surface area (Å²) in [7, 11) is -2.89. The predicted molar refractivity (Wildman–Crippen MR) is 161 cm³/mol. The summed E-state index contributed by atoms with van der Waals surface area (Å²) < 4.78 is 50.8. The highest BCUT2D eigenvalue weighted by Crippen LogP contribution is 2.40. The number of hydrogen-bond acceptors (Lipinski definition) is 10. The minimum Gasteiger partial charge on any atom is -0.497 e. The summed E-state index contributed by atoms with van der Waals surface area (Å²) >= 11 is 0. The molecule has 1 amide bonds. The van der Waals surface area contributed by atoms with Crippen LogP contribution < -0.4 is 21.5 Å². The highest BCUT2D eigenvalue weighted by Gasteiger charge is 2.53. The van der Waals surface area contributed by atoms with Gasteiger partial charge in [-0.05, 0) is 73.9 Å². The number of rotatable bonds is 14. The molecule has 6 N–H and O–H groups in total. The first-order valence-electron chi connectivity index (χ1n) is 14.7. The standard InChI is InChI=1S/C31H45N3O8S/c1-30(2,15-7-16-32)20-31(33,43(37,38)23-12-10-22(39-3)11-13-23)27(35)25(18-21-8-5-4-6-9-21)34-29(36)42-26-19-41-28-24(26)14-17-40-28/h4-6,8-13,24-28,35H,7,14-20,32-33H2,1-3H3,(H,34,36). The van der Waals surface area contributed by atoms with Gasteiger partial charge >= 0.3 is 6.09 Å². The number of nitrogens with two attached hydrogens (primary N) is 2. The lowest BCUT2D eigenvalue weighted by Gasteiger charge is -2.42. The van der Waals surface area contributed by atoms with E-state index in [0.29, 0.717) is 38.2 Å². The molecule has 0 bridgehead atoms. The van der Waals surface area contributed by atoms with Gasteiger partial charge < -0.3 is 40.8 Å². The summed E-state index contributed by atoms with van der Waals surface area (Å²) in [5.41, 5.74) is 12.8. The molecule has 0 aromatic heterocycles. The molecule has 2 aliphatic heterocycles. The van der Waals surface area contributed by atoms with E-state index in [0.717, 1.165) is 5.56 Å². The Morgan fingerprint density at radius 2 is 1.84 bits per heavy atom. The highest BCUT2D eigenvalue weighted by atomic mass is 32.2. The van der Waals surface area contributed by atoms with E-state index in [-0.39, 0.29) is 30.3 Å². The van der Waals surface area contributed by atoms with Crippen molar-refractivity contribution in [1.82, 2.24) is 5.32 Å². The van der Waals surface area contributed by atoms with Crippen molar-refractivity contribution in [3.63, 3.8) is 0 Å². The summed E-state index contributed by atoms with van der Waals surface area (Å²) in [5.74, 6) is 0.387. The van der Waals surface area contributed by atoms with Crippen LogP contribution in [-0.2, 0) is 30.5 Å². The average molecular weight is 620 g/mol. The zero-order valence-electron chi connectivity index (χ0n) is 25.1. The summed E-state index contributed by atoms with van der Waals surface area (Å²) in [4.78, 5) is 11.0. The Labute approximate surface area is 254 Å². The molecule has 2 saturated heterocycles. The lowest BCUT2D eigenvalue weighted by Crippen LogP contribution is -2.65. The maximum absolute atomic E-state index is 14.4. The van der Waals surface area contributed by atoms with Crippen LogP contribution in [0.4, 0.5) is 4.79 Å². The number of aliphatic hydroxyl groups excluding tert-OH is 1. The smallest absolute Gasteiger partial charge is 0.407 e. The molecule has 0 saturated carbocycles. The van der Waals surface area contributed by atoms with Gasteiger partial charge in [0.2, 0.25) is 0 Å². The van der Waals surface area contributed by atoms with E-state index >= 15 is 0 Å². The third-order valence-corrected chi connectivity index (χ3v) is 10.7. The van der Waals surface area contributed by atoms with Crippen molar-refractivity contribution >= 4 is 15.9 Å². The van der Waals surface area contributed by atoms with Crippen LogP contribution in [0.3, 0.4) is 0 Å². The molecule has 2 fully saturated rings. The number of carbonyl (C=O) groups excluding carboxylic acids is 1. The zero-order chi connectivity index (χ0) is 31.3. The number of methoxy groups -OCH3 is 1. The lowest BCUT2D eigenvalue weighted by atomic mass is 9.78. The molecule has 11 nitrogen and oxygen atoms in total. The number of ether oxygens (including phenoxy) is 4. The van der Waals surface area contributed by atoms with Gasteiger partial charge in [0.05, 0.1) is 37.2 Å². The van der Waals surface area contributed by atoms with Crippen molar-refractivity contribution in [2.45, 2.75) is 80.3 Å². The minimum absolute atomic E-state index is 0.0686. The Morgan fingerprint density at radius 1 is 1.14 bits per heavy atom. The monoisotopic (exact) mass is 619 g/mol. The van der Waals surface area contributed by atoms with Crippen molar-refractivity contribution in [1.29, 1.82) is 0 Å². The molecule has 6 atom stereocenters. The molecule has 4 rings (SSSR count). The van der Waals surface area contributed by atoms with E-state index in [2.05, 4.69) is 5.32 Å². The van der Waals surface area contributed by atoms with Crippen molar-refractivity contribution in [3.8, 4) is 5.75 Å². The van der Waals surface area contributed by atoms with Gasteiger partial charge in [-0.25, -0.2) is 13.2 Å². The Kier molecular flexibility index (Phi) is 10.7. The molecular weight excluding hydrogens is 574 g/mol. The maximum atomic E-state index is 14.4. The molecule has 2 aliphatic rings. The number of fused-ring (bicyclic) bond motifs is 1. The average Bonchev–Trinajstić information content (AvgIpc) is 3.61. The first kappa shape index (κ1) is 33.2. The van der Waals surface area contributed by atoms with E-state index in [1.165, 1.54) is 31.4 Å². The second-order valence-corrected chi connectivity index (χ2v) is 14.5. The number of benzene rings is 2.